The number of rotatable bonds is 3. The molecule has 0 amide bonds. The molecule has 0 aliphatic carbocycles. The van der Waals surface area contributed by atoms with Gasteiger partial charge >= 0.3 is 0 Å². The van der Waals surface area contributed by atoms with Crippen LogP contribution in [0.4, 0.5) is 5.69 Å². The van der Waals surface area contributed by atoms with Crippen LogP contribution >= 0.6 is 0 Å². The molecule has 0 saturated carbocycles. The summed E-state index contributed by atoms with van der Waals surface area (Å²) in [6.45, 7) is 6.23. The lowest BCUT2D eigenvalue weighted by Crippen LogP contribution is -2.45. The van der Waals surface area contributed by atoms with Crippen LogP contribution in [0.1, 0.15) is 6.92 Å². The second-order valence-corrected chi connectivity index (χ2v) is 4.52. The molecule has 0 aromatic carbocycles. The summed E-state index contributed by atoms with van der Waals surface area (Å²) >= 11 is 0. The standard InChI is InChI=1S/C12H20N4O2/c1-4-18-12-10(9-11(17)15(3)13-12)16-7-5-14(2)6-8-16/h9H,4-8H2,1-3H3. The van der Waals surface area contributed by atoms with Gasteiger partial charge in [0, 0.05) is 39.3 Å². The molecule has 0 bridgehead atoms. The number of hydrogen-bond acceptors (Lipinski definition) is 5. The average Bonchev–Trinajstić information content (AvgIpc) is 2.35. The van der Waals surface area contributed by atoms with E-state index in [9.17, 15) is 4.79 Å². The van der Waals surface area contributed by atoms with E-state index in [0.29, 0.717) is 12.5 Å². The van der Waals surface area contributed by atoms with Gasteiger partial charge in [-0.25, -0.2) is 4.68 Å². The zero-order chi connectivity index (χ0) is 13.1. The maximum Gasteiger partial charge on any atom is 0.268 e. The largest absolute Gasteiger partial charge is 0.475 e. The normalized spacial score (nSPS) is 16.9. The van der Waals surface area contributed by atoms with Gasteiger partial charge in [0.2, 0.25) is 0 Å². The fraction of sp³-hybridized carbons (Fsp3) is 0.667. The van der Waals surface area contributed by atoms with Crippen LogP contribution in [0.15, 0.2) is 10.9 Å². The summed E-state index contributed by atoms with van der Waals surface area (Å²) in [5, 5.41) is 4.18. The molecule has 1 aliphatic rings. The van der Waals surface area contributed by atoms with Gasteiger partial charge in [0.15, 0.2) is 0 Å². The van der Waals surface area contributed by atoms with Crippen LogP contribution in [0.3, 0.4) is 0 Å². The number of likely N-dealkylation sites (N-methyl/N-ethyl adjacent to an activating group) is 1. The minimum Gasteiger partial charge on any atom is -0.475 e. The molecular weight excluding hydrogens is 232 g/mol. The second-order valence-electron chi connectivity index (χ2n) is 4.52. The van der Waals surface area contributed by atoms with Crippen LogP contribution in [-0.2, 0) is 7.05 Å². The van der Waals surface area contributed by atoms with Crippen LogP contribution in [0.2, 0.25) is 0 Å². The summed E-state index contributed by atoms with van der Waals surface area (Å²) in [5.74, 6) is 0.546. The van der Waals surface area contributed by atoms with Gasteiger partial charge in [0.1, 0.15) is 5.69 Å². The van der Waals surface area contributed by atoms with Crippen LogP contribution in [-0.4, -0.2) is 54.5 Å². The van der Waals surface area contributed by atoms with E-state index in [0.717, 1.165) is 31.9 Å². The number of anilines is 1. The summed E-state index contributed by atoms with van der Waals surface area (Å²) in [7, 11) is 3.74. The molecule has 1 aliphatic heterocycles. The Morgan fingerprint density at radius 1 is 1.28 bits per heavy atom. The van der Waals surface area contributed by atoms with Crippen molar-refractivity contribution in [1.82, 2.24) is 14.7 Å². The number of aryl methyl sites for hydroxylation is 1. The van der Waals surface area contributed by atoms with Crippen molar-refractivity contribution in [3.05, 3.63) is 16.4 Å². The molecule has 18 heavy (non-hydrogen) atoms. The van der Waals surface area contributed by atoms with E-state index in [1.807, 2.05) is 6.92 Å². The first-order valence-electron chi connectivity index (χ1n) is 6.26. The first-order valence-corrected chi connectivity index (χ1v) is 6.26. The number of piperazine rings is 1. The summed E-state index contributed by atoms with van der Waals surface area (Å²) in [6, 6.07) is 1.61. The van der Waals surface area contributed by atoms with Crippen LogP contribution in [0.25, 0.3) is 0 Å². The lowest BCUT2D eigenvalue weighted by molar-refractivity contribution is 0.300. The van der Waals surface area contributed by atoms with Crippen molar-refractivity contribution in [2.75, 3.05) is 44.7 Å². The first-order chi connectivity index (χ1) is 8.61. The van der Waals surface area contributed by atoms with Crippen molar-refractivity contribution in [2.45, 2.75) is 6.92 Å². The zero-order valence-electron chi connectivity index (χ0n) is 11.2. The van der Waals surface area contributed by atoms with Gasteiger partial charge in [-0.05, 0) is 14.0 Å². The SMILES string of the molecule is CCOc1nn(C)c(=O)cc1N1CCN(C)CC1. The summed E-state index contributed by atoms with van der Waals surface area (Å²) in [6.07, 6.45) is 0. The molecule has 0 unspecified atom stereocenters. The molecule has 1 aromatic heterocycles. The highest BCUT2D eigenvalue weighted by Crippen LogP contribution is 2.24. The van der Waals surface area contributed by atoms with Gasteiger partial charge in [0.05, 0.1) is 6.61 Å². The van der Waals surface area contributed by atoms with Gasteiger partial charge in [-0.15, -0.1) is 5.10 Å². The first kappa shape index (κ1) is 12.9. The Kier molecular flexibility index (Phi) is 3.86. The van der Waals surface area contributed by atoms with Crippen molar-refractivity contribution in [3.63, 3.8) is 0 Å². The lowest BCUT2D eigenvalue weighted by atomic mass is 10.3. The molecule has 2 rings (SSSR count). The second kappa shape index (κ2) is 5.39. The molecule has 1 fully saturated rings. The van der Waals surface area contributed by atoms with Crippen molar-refractivity contribution in [2.24, 2.45) is 7.05 Å². The number of ether oxygens (including phenoxy) is 1. The van der Waals surface area contributed by atoms with E-state index in [1.54, 1.807) is 13.1 Å². The topological polar surface area (TPSA) is 50.6 Å². The Hall–Kier alpha value is -1.56. The smallest absolute Gasteiger partial charge is 0.268 e. The maximum atomic E-state index is 11.7. The number of hydrogen-bond donors (Lipinski definition) is 0. The fourth-order valence-corrected chi connectivity index (χ4v) is 2.02. The Morgan fingerprint density at radius 2 is 1.94 bits per heavy atom. The van der Waals surface area contributed by atoms with Crippen molar-refractivity contribution >= 4 is 5.69 Å². The lowest BCUT2D eigenvalue weighted by Gasteiger charge is -2.34. The third kappa shape index (κ3) is 2.64. The van der Waals surface area contributed by atoms with E-state index in [4.69, 9.17) is 4.74 Å². The number of nitrogens with zero attached hydrogens (tertiary/aromatic N) is 4. The van der Waals surface area contributed by atoms with Crippen molar-refractivity contribution in [1.29, 1.82) is 0 Å². The molecule has 6 heteroatoms. The summed E-state index contributed by atoms with van der Waals surface area (Å²) in [4.78, 5) is 16.1. The minimum atomic E-state index is -0.104. The number of aromatic nitrogens is 2. The van der Waals surface area contributed by atoms with E-state index < -0.39 is 0 Å². The highest BCUT2D eigenvalue weighted by atomic mass is 16.5. The monoisotopic (exact) mass is 252 g/mol. The Bertz CT molecular complexity index is 464. The van der Waals surface area contributed by atoms with Gasteiger partial charge in [-0.3, -0.25) is 4.79 Å². The van der Waals surface area contributed by atoms with E-state index >= 15 is 0 Å². The third-order valence-corrected chi connectivity index (χ3v) is 3.16. The van der Waals surface area contributed by atoms with Crippen molar-refractivity contribution in [3.8, 4) is 5.88 Å². The Labute approximate surface area is 107 Å². The maximum absolute atomic E-state index is 11.7. The van der Waals surface area contributed by atoms with Gasteiger partial charge in [-0.2, -0.15) is 0 Å². The molecule has 0 N–H and O–H groups in total. The van der Waals surface area contributed by atoms with Crippen LogP contribution < -0.4 is 15.2 Å². The molecule has 1 saturated heterocycles. The molecule has 0 spiro atoms. The van der Waals surface area contributed by atoms with Crippen LogP contribution in [0, 0.1) is 0 Å². The van der Waals surface area contributed by atoms with E-state index in [-0.39, 0.29) is 5.56 Å². The molecular formula is C12H20N4O2. The Morgan fingerprint density at radius 3 is 2.56 bits per heavy atom. The summed E-state index contributed by atoms with van der Waals surface area (Å²) in [5.41, 5.74) is 0.709. The highest BCUT2D eigenvalue weighted by molar-refractivity contribution is 5.54. The molecule has 2 heterocycles. The molecule has 0 atom stereocenters. The van der Waals surface area contributed by atoms with Gasteiger partial charge < -0.3 is 14.5 Å². The predicted molar refractivity (Wildman–Crippen MR) is 70.4 cm³/mol. The van der Waals surface area contributed by atoms with Crippen molar-refractivity contribution < 1.29 is 4.74 Å². The predicted octanol–water partition coefficient (Wildman–Crippen LogP) is -0.0692. The van der Waals surface area contributed by atoms with Gasteiger partial charge in [0.25, 0.3) is 11.4 Å². The molecule has 100 valence electrons. The van der Waals surface area contributed by atoms with E-state index in [1.165, 1.54) is 4.68 Å². The quantitative estimate of drug-likeness (QED) is 0.754. The van der Waals surface area contributed by atoms with Crippen LogP contribution in [0.5, 0.6) is 5.88 Å². The molecule has 1 aromatic rings. The molecule has 6 nitrogen and oxygen atoms in total. The fourth-order valence-electron chi connectivity index (χ4n) is 2.02. The van der Waals surface area contributed by atoms with E-state index in [2.05, 4.69) is 21.9 Å². The third-order valence-electron chi connectivity index (χ3n) is 3.16. The Balaban J connectivity index is 2.30. The highest BCUT2D eigenvalue weighted by Gasteiger charge is 2.19. The van der Waals surface area contributed by atoms with Gasteiger partial charge in [-0.1, -0.05) is 0 Å². The molecule has 0 radical (unpaired) electrons. The minimum absolute atomic E-state index is 0.104. The average molecular weight is 252 g/mol. The summed E-state index contributed by atoms with van der Waals surface area (Å²) < 4.78 is 6.84. The zero-order valence-corrected chi connectivity index (χ0v) is 11.2.